The topological polar surface area (TPSA) is 106 Å². The van der Waals surface area contributed by atoms with Gasteiger partial charge in [-0.2, -0.15) is 0 Å². The molecule has 2 aromatic heterocycles. The Kier molecular flexibility index (Phi) is 2.66. The van der Waals surface area contributed by atoms with Gasteiger partial charge >= 0.3 is 0 Å². The third-order valence-corrected chi connectivity index (χ3v) is 3.23. The molecule has 3 heterocycles. The first kappa shape index (κ1) is 11.4. The first-order valence-corrected chi connectivity index (χ1v) is 5.72. The zero-order valence-electron chi connectivity index (χ0n) is 9.60. The molecule has 3 rings (SSSR count). The highest BCUT2D eigenvalue weighted by Crippen LogP contribution is 2.31. The standard InChI is InChI=1S/C11H14N4O3/c12-10-6-1-2-15(11(6)14-5-13-10)9-3-7(17)8(4-16)18-9/h1-2,5,7-9,16-17H,3-4H2,(H2,12,13,14)/t7-,8+,9+/m0/s1. The monoisotopic (exact) mass is 250 g/mol. The number of nitrogens with two attached hydrogens (primary N) is 1. The van der Waals surface area contributed by atoms with Crippen LogP contribution in [0.3, 0.4) is 0 Å². The maximum atomic E-state index is 9.73. The van der Waals surface area contributed by atoms with E-state index in [1.807, 2.05) is 6.07 Å². The molecule has 1 aliphatic heterocycles. The maximum absolute atomic E-state index is 9.73. The summed E-state index contributed by atoms with van der Waals surface area (Å²) >= 11 is 0. The summed E-state index contributed by atoms with van der Waals surface area (Å²) in [4.78, 5) is 8.09. The molecule has 1 saturated heterocycles. The fourth-order valence-corrected chi connectivity index (χ4v) is 2.27. The number of nitrogens with zero attached hydrogens (tertiary/aromatic N) is 3. The zero-order valence-corrected chi connectivity index (χ0v) is 9.60. The molecule has 1 aliphatic rings. The van der Waals surface area contributed by atoms with E-state index in [-0.39, 0.29) is 12.8 Å². The Hall–Kier alpha value is -1.70. The number of fused-ring (bicyclic) bond motifs is 1. The number of aliphatic hydroxyl groups excluding tert-OH is 2. The van der Waals surface area contributed by atoms with E-state index in [1.54, 1.807) is 10.8 Å². The quantitative estimate of drug-likeness (QED) is 0.673. The molecule has 0 aromatic carbocycles. The van der Waals surface area contributed by atoms with Gasteiger partial charge in [0.2, 0.25) is 0 Å². The summed E-state index contributed by atoms with van der Waals surface area (Å²) in [6.45, 7) is -0.200. The highest BCUT2D eigenvalue weighted by atomic mass is 16.5. The summed E-state index contributed by atoms with van der Waals surface area (Å²) < 4.78 is 7.37. The van der Waals surface area contributed by atoms with Crippen molar-refractivity contribution < 1.29 is 14.9 Å². The Morgan fingerprint density at radius 1 is 1.50 bits per heavy atom. The molecule has 18 heavy (non-hydrogen) atoms. The van der Waals surface area contributed by atoms with Crippen LogP contribution < -0.4 is 5.73 Å². The number of hydrogen-bond donors (Lipinski definition) is 3. The van der Waals surface area contributed by atoms with Crippen LogP contribution in [0.2, 0.25) is 0 Å². The van der Waals surface area contributed by atoms with Gasteiger partial charge in [0.15, 0.2) is 0 Å². The average molecular weight is 250 g/mol. The minimum absolute atomic E-state index is 0.200. The third-order valence-electron chi connectivity index (χ3n) is 3.23. The van der Waals surface area contributed by atoms with E-state index in [1.165, 1.54) is 6.33 Å². The van der Waals surface area contributed by atoms with E-state index in [2.05, 4.69) is 9.97 Å². The summed E-state index contributed by atoms with van der Waals surface area (Å²) in [6.07, 6.45) is 2.04. The molecule has 2 aromatic rings. The lowest BCUT2D eigenvalue weighted by molar-refractivity contribution is -0.0430. The average Bonchev–Trinajstić information content (AvgIpc) is 2.93. The van der Waals surface area contributed by atoms with Crippen molar-refractivity contribution in [3.63, 3.8) is 0 Å². The number of hydrogen-bond acceptors (Lipinski definition) is 6. The molecule has 0 aliphatic carbocycles. The second-order valence-electron chi connectivity index (χ2n) is 4.33. The molecule has 3 atom stereocenters. The second-order valence-corrected chi connectivity index (χ2v) is 4.33. The fraction of sp³-hybridized carbons (Fsp3) is 0.455. The van der Waals surface area contributed by atoms with Crippen molar-refractivity contribution in [3.8, 4) is 0 Å². The fourth-order valence-electron chi connectivity index (χ4n) is 2.27. The Morgan fingerprint density at radius 3 is 3.06 bits per heavy atom. The van der Waals surface area contributed by atoms with Crippen molar-refractivity contribution in [1.82, 2.24) is 14.5 Å². The Morgan fingerprint density at radius 2 is 2.33 bits per heavy atom. The second kappa shape index (κ2) is 4.20. The Labute approximate surface area is 103 Å². The van der Waals surface area contributed by atoms with Gasteiger partial charge in [0.25, 0.3) is 0 Å². The van der Waals surface area contributed by atoms with Gasteiger partial charge < -0.3 is 25.3 Å². The molecule has 0 amide bonds. The van der Waals surface area contributed by atoms with Crippen LogP contribution in [-0.2, 0) is 4.74 Å². The van der Waals surface area contributed by atoms with E-state index in [0.717, 1.165) is 5.39 Å². The van der Waals surface area contributed by atoms with Crippen molar-refractivity contribution in [2.75, 3.05) is 12.3 Å². The third kappa shape index (κ3) is 1.64. The minimum Gasteiger partial charge on any atom is -0.394 e. The molecule has 0 saturated carbocycles. The molecule has 96 valence electrons. The van der Waals surface area contributed by atoms with Gasteiger partial charge in [0, 0.05) is 12.6 Å². The van der Waals surface area contributed by atoms with E-state index in [9.17, 15) is 5.11 Å². The highest BCUT2D eigenvalue weighted by molar-refractivity contribution is 5.86. The number of ether oxygens (including phenoxy) is 1. The van der Waals surface area contributed by atoms with Crippen LogP contribution >= 0.6 is 0 Å². The molecular weight excluding hydrogens is 236 g/mol. The van der Waals surface area contributed by atoms with E-state index < -0.39 is 12.2 Å². The molecule has 0 unspecified atom stereocenters. The Balaban J connectivity index is 1.99. The van der Waals surface area contributed by atoms with Gasteiger partial charge in [-0.15, -0.1) is 0 Å². The van der Waals surface area contributed by atoms with Crippen molar-refractivity contribution in [1.29, 1.82) is 0 Å². The SMILES string of the molecule is Nc1ncnc2c1ccn2[C@H]1C[C@H](O)[C@@H](CO)O1. The molecule has 0 radical (unpaired) electrons. The lowest BCUT2D eigenvalue weighted by Crippen LogP contribution is -2.24. The zero-order chi connectivity index (χ0) is 12.7. The molecule has 1 fully saturated rings. The van der Waals surface area contributed by atoms with E-state index in [4.69, 9.17) is 15.6 Å². The summed E-state index contributed by atoms with van der Waals surface area (Å²) in [5.41, 5.74) is 6.42. The minimum atomic E-state index is -0.670. The molecule has 0 spiro atoms. The van der Waals surface area contributed by atoms with Gasteiger partial charge in [-0.3, -0.25) is 0 Å². The van der Waals surface area contributed by atoms with Crippen LogP contribution in [0.5, 0.6) is 0 Å². The summed E-state index contributed by atoms with van der Waals surface area (Å²) in [6, 6.07) is 1.81. The van der Waals surface area contributed by atoms with Gasteiger partial charge in [0.1, 0.15) is 30.1 Å². The predicted molar refractivity (Wildman–Crippen MR) is 63.6 cm³/mol. The summed E-state index contributed by atoms with van der Waals surface area (Å²) in [5.74, 6) is 0.413. The molecule has 0 bridgehead atoms. The summed E-state index contributed by atoms with van der Waals surface area (Å²) in [5, 5.41) is 19.6. The highest BCUT2D eigenvalue weighted by Gasteiger charge is 2.34. The molecular formula is C11H14N4O3. The normalized spacial score (nSPS) is 28.0. The van der Waals surface area contributed by atoms with Crippen molar-refractivity contribution in [3.05, 3.63) is 18.6 Å². The number of aliphatic hydroxyl groups is 2. The first-order valence-electron chi connectivity index (χ1n) is 5.72. The number of nitrogen functional groups attached to an aromatic ring is 1. The number of anilines is 1. The van der Waals surface area contributed by atoms with Crippen LogP contribution in [0.1, 0.15) is 12.6 Å². The Bertz CT molecular complexity index is 570. The maximum Gasteiger partial charge on any atom is 0.147 e. The van der Waals surface area contributed by atoms with Gasteiger partial charge in [-0.25, -0.2) is 9.97 Å². The largest absolute Gasteiger partial charge is 0.394 e. The van der Waals surface area contributed by atoms with Gasteiger partial charge in [0.05, 0.1) is 18.1 Å². The van der Waals surface area contributed by atoms with Gasteiger partial charge in [-0.05, 0) is 6.07 Å². The van der Waals surface area contributed by atoms with Crippen molar-refractivity contribution in [2.45, 2.75) is 24.9 Å². The molecule has 7 nitrogen and oxygen atoms in total. The molecule has 7 heteroatoms. The van der Waals surface area contributed by atoms with Crippen molar-refractivity contribution >= 4 is 16.9 Å². The lowest BCUT2D eigenvalue weighted by atomic mass is 10.2. The smallest absolute Gasteiger partial charge is 0.147 e. The van der Waals surface area contributed by atoms with Crippen molar-refractivity contribution in [2.24, 2.45) is 0 Å². The van der Waals surface area contributed by atoms with E-state index >= 15 is 0 Å². The number of rotatable bonds is 2. The van der Waals surface area contributed by atoms with Gasteiger partial charge in [-0.1, -0.05) is 0 Å². The summed E-state index contributed by atoms with van der Waals surface area (Å²) in [7, 11) is 0. The van der Waals surface area contributed by atoms with Crippen LogP contribution in [0.15, 0.2) is 18.6 Å². The van der Waals surface area contributed by atoms with Crippen LogP contribution in [0.4, 0.5) is 5.82 Å². The van der Waals surface area contributed by atoms with Crippen LogP contribution in [0.25, 0.3) is 11.0 Å². The predicted octanol–water partition coefficient (Wildman–Crippen LogP) is -0.346. The lowest BCUT2D eigenvalue weighted by Gasteiger charge is -2.14. The molecule has 4 N–H and O–H groups in total. The van der Waals surface area contributed by atoms with Crippen LogP contribution in [-0.4, -0.2) is 43.6 Å². The van der Waals surface area contributed by atoms with Crippen LogP contribution in [0, 0.1) is 0 Å². The first-order chi connectivity index (χ1) is 8.70. The number of aromatic nitrogens is 3. The van der Waals surface area contributed by atoms with E-state index in [0.29, 0.717) is 17.9 Å².